The van der Waals surface area contributed by atoms with Crippen LogP contribution in [0.15, 0.2) is 29.2 Å². The van der Waals surface area contributed by atoms with Crippen molar-refractivity contribution in [2.45, 2.75) is 48.7 Å². The van der Waals surface area contributed by atoms with Crippen LogP contribution >= 0.6 is 11.8 Å². The Morgan fingerprint density at radius 3 is 2.75 bits per heavy atom. The predicted molar refractivity (Wildman–Crippen MR) is 84.0 cm³/mol. The minimum Gasteiger partial charge on any atom is -0.345 e. The van der Waals surface area contributed by atoms with E-state index in [0.717, 1.165) is 18.9 Å². The molecule has 1 aromatic rings. The molecular weight excluding hydrogens is 266 g/mol. The van der Waals surface area contributed by atoms with Gasteiger partial charge in [-0.25, -0.2) is 0 Å². The number of benzene rings is 1. The van der Waals surface area contributed by atoms with Gasteiger partial charge in [-0.05, 0) is 36.8 Å². The van der Waals surface area contributed by atoms with Crippen LogP contribution in [0.5, 0.6) is 0 Å². The molecule has 0 aromatic heterocycles. The molecule has 1 atom stereocenters. The van der Waals surface area contributed by atoms with E-state index in [2.05, 4.69) is 24.3 Å². The Hall–Kier alpha value is -0.960. The molecule has 0 bridgehead atoms. The zero-order valence-electron chi connectivity index (χ0n) is 12.2. The smallest absolute Gasteiger partial charge is 0.236 e. The van der Waals surface area contributed by atoms with Gasteiger partial charge in [0.25, 0.3) is 0 Å². The van der Waals surface area contributed by atoms with Crippen LogP contribution in [0.3, 0.4) is 0 Å². The summed E-state index contributed by atoms with van der Waals surface area (Å²) in [7, 11) is 1.99. The lowest BCUT2D eigenvalue weighted by molar-refractivity contribution is -0.129. The van der Waals surface area contributed by atoms with E-state index in [1.807, 2.05) is 11.9 Å². The summed E-state index contributed by atoms with van der Waals surface area (Å²) in [6, 6.07) is 8.41. The van der Waals surface area contributed by atoms with Gasteiger partial charge in [0.2, 0.25) is 5.91 Å². The Balaban J connectivity index is 1.57. The zero-order valence-corrected chi connectivity index (χ0v) is 13.0. The second kappa shape index (κ2) is 6.21. The van der Waals surface area contributed by atoms with Crippen LogP contribution in [-0.2, 0) is 11.2 Å². The number of fused-ring (bicyclic) bond motifs is 1. The largest absolute Gasteiger partial charge is 0.345 e. The molecule has 108 valence electrons. The lowest BCUT2D eigenvalue weighted by Gasteiger charge is -2.28. The summed E-state index contributed by atoms with van der Waals surface area (Å²) in [5.41, 5.74) is 1.34. The van der Waals surface area contributed by atoms with E-state index in [4.69, 9.17) is 0 Å². The first kappa shape index (κ1) is 14.0. The topological polar surface area (TPSA) is 20.3 Å². The number of amides is 1. The summed E-state index contributed by atoms with van der Waals surface area (Å²) in [4.78, 5) is 15.9. The molecule has 3 heteroatoms. The molecule has 1 unspecified atom stereocenters. The van der Waals surface area contributed by atoms with Gasteiger partial charge in [0.1, 0.15) is 0 Å². The molecule has 0 spiro atoms. The highest BCUT2D eigenvalue weighted by Crippen LogP contribution is 2.37. The van der Waals surface area contributed by atoms with Crippen LogP contribution in [0.4, 0.5) is 0 Å². The fourth-order valence-corrected chi connectivity index (χ4v) is 4.72. The molecule has 1 aliphatic heterocycles. The molecule has 2 aliphatic rings. The maximum atomic E-state index is 12.6. The molecule has 1 aromatic carbocycles. The van der Waals surface area contributed by atoms with Crippen molar-refractivity contribution in [2.75, 3.05) is 13.6 Å². The van der Waals surface area contributed by atoms with Gasteiger partial charge in [-0.2, -0.15) is 0 Å². The number of nitrogens with zero attached hydrogens (tertiary/aromatic N) is 1. The van der Waals surface area contributed by atoms with E-state index in [9.17, 15) is 4.79 Å². The second-order valence-electron chi connectivity index (χ2n) is 6.14. The van der Waals surface area contributed by atoms with E-state index in [0.29, 0.717) is 5.91 Å². The molecule has 2 nitrogen and oxygen atoms in total. The average Bonchev–Trinajstić information content (AvgIpc) is 2.91. The molecule has 1 saturated carbocycles. The standard InChI is InChI=1S/C17H23NOS/c1-18(12-13-7-3-2-4-8-13)17(19)16-11-14-9-5-6-10-15(14)20-16/h5-6,9-10,13,16H,2-4,7-8,11-12H2,1H3. The first-order chi connectivity index (χ1) is 9.74. The van der Waals surface area contributed by atoms with Crippen molar-refractivity contribution in [3.63, 3.8) is 0 Å². The lowest BCUT2D eigenvalue weighted by Crippen LogP contribution is -2.38. The van der Waals surface area contributed by atoms with Gasteiger partial charge in [-0.3, -0.25) is 4.79 Å². The highest BCUT2D eigenvalue weighted by molar-refractivity contribution is 8.01. The normalized spacial score (nSPS) is 22.6. The molecule has 3 rings (SSSR count). The van der Waals surface area contributed by atoms with E-state index in [1.165, 1.54) is 42.6 Å². The van der Waals surface area contributed by atoms with Crippen LogP contribution < -0.4 is 0 Å². The third kappa shape index (κ3) is 3.03. The Bertz CT molecular complexity index is 457. The Morgan fingerprint density at radius 1 is 1.25 bits per heavy atom. The van der Waals surface area contributed by atoms with Gasteiger partial charge in [0, 0.05) is 18.5 Å². The number of carbonyl (C=O) groups excluding carboxylic acids is 1. The third-order valence-electron chi connectivity index (χ3n) is 4.56. The van der Waals surface area contributed by atoms with Crippen molar-refractivity contribution in [1.82, 2.24) is 4.90 Å². The van der Waals surface area contributed by atoms with E-state index in [1.54, 1.807) is 11.8 Å². The summed E-state index contributed by atoms with van der Waals surface area (Å²) in [6.07, 6.45) is 7.56. The van der Waals surface area contributed by atoms with Gasteiger partial charge in [-0.15, -0.1) is 11.8 Å². The summed E-state index contributed by atoms with van der Waals surface area (Å²) in [6.45, 7) is 0.951. The van der Waals surface area contributed by atoms with Gasteiger partial charge in [0.15, 0.2) is 0 Å². The van der Waals surface area contributed by atoms with Crippen molar-refractivity contribution in [2.24, 2.45) is 5.92 Å². The molecule has 0 radical (unpaired) electrons. The minimum absolute atomic E-state index is 0.0981. The van der Waals surface area contributed by atoms with Crippen LogP contribution in [0.1, 0.15) is 37.7 Å². The summed E-state index contributed by atoms with van der Waals surface area (Å²) in [5, 5.41) is 0.0981. The summed E-state index contributed by atoms with van der Waals surface area (Å²) in [5.74, 6) is 1.04. The third-order valence-corrected chi connectivity index (χ3v) is 5.86. The van der Waals surface area contributed by atoms with Crippen molar-refractivity contribution in [3.8, 4) is 0 Å². The zero-order chi connectivity index (χ0) is 13.9. The maximum absolute atomic E-state index is 12.6. The summed E-state index contributed by atoms with van der Waals surface area (Å²) >= 11 is 1.74. The quantitative estimate of drug-likeness (QED) is 0.845. The van der Waals surface area contributed by atoms with Crippen LogP contribution in [-0.4, -0.2) is 29.6 Å². The molecular formula is C17H23NOS. The van der Waals surface area contributed by atoms with Crippen LogP contribution in [0.25, 0.3) is 0 Å². The Morgan fingerprint density at radius 2 is 2.00 bits per heavy atom. The number of thioether (sulfide) groups is 1. The van der Waals surface area contributed by atoms with Gasteiger partial charge in [0.05, 0.1) is 5.25 Å². The number of hydrogen-bond donors (Lipinski definition) is 0. The Labute approximate surface area is 125 Å². The molecule has 0 N–H and O–H groups in total. The highest BCUT2D eigenvalue weighted by Gasteiger charge is 2.30. The lowest BCUT2D eigenvalue weighted by atomic mass is 9.89. The fourth-order valence-electron chi connectivity index (χ4n) is 3.41. The molecule has 20 heavy (non-hydrogen) atoms. The monoisotopic (exact) mass is 289 g/mol. The average molecular weight is 289 g/mol. The van der Waals surface area contributed by atoms with Gasteiger partial charge >= 0.3 is 0 Å². The predicted octanol–water partition coefficient (Wildman–Crippen LogP) is 3.74. The van der Waals surface area contributed by atoms with E-state index < -0.39 is 0 Å². The second-order valence-corrected chi connectivity index (χ2v) is 7.39. The maximum Gasteiger partial charge on any atom is 0.236 e. The summed E-state index contributed by atoms with van der Waals surface area (Å²) < 4.78 is 0. The van der Waals surface area contributed by atoms with Crippen molar-refractivity contribution >= 4 is 17.7 Å². The van der Waals surface area contributed by atoms with Crippen LogP contribution in [0.2, 0.25) is 0 Å². The number of carbonyl (C=O) groups is 1. The molecule has 1 amide bonds. The van der Waals surface area contributed by atoms with Gasteiger partial charge in [-0.1, -0.05) is 37.5 Å². The minimum atomic E-state index is 0.0981. The van der Waals surface area contributed by atoms with E-state index in [-0.39, 0.29) is 5.25 Å². The number of hydrogen-bond acceptors (Lipinski definition) is 2. The highest BCUT2D eigenvalue weighted by atomic mass is 32.2. The van der Waals surface area contributed by atoms with Crippen molar-refractivity contribution in [1.29, 1.82) is 0 Å². The molecule has 1 aliphatic carbocycles. The SMILES string of the molecule is CN(CC1CCCCC1)C(=O)C1Cc2ccccc2S1. The van der Waals surface area contributed by atoms with Crippen molar-refractivity contribution in [3.05, 3.63) is 29.8 Å². The number of rotatable bonds is 3. The first-order valence-corrected chi connectivity index (χ1v) is 8.61. The fraction of sp³-hybridized carbons (Fsp3) is 0.588. The van der Waals surface area contributed by atoms with Gasteiger partial charge < -0.3 is 4.90 Å². The Kier molecular flexibility index (Phi) is 4.35. The van der Waals surface area contributed by atoms with Crippen LogP contribution in [0, 0.1) is 5.92 Å². The molecule has 1 fully saturated rings. The van der Waals surface area contributed by atoms with Crippen molar-refractivity contribution < 1.29 is 4.79 Å². The first-order valence-electron chi connectivity index (χ1n) is 7.73. The molecule has 0 saturated heterocycles. The molecule has 1 heterocycles. The van der Waals surface area contributed by atoms with E-state index >= 15 is 0 Å².